The lowest BCUT2D eigenvalue weighted by Crippen LogP contribution is -2.37. The third-order valence-electron chi connectivity index (χ3n) is 5.05. The number of hydrogen-bond acceptors (Lipinski definition) is 4. The summed E-state index contributed by atoms with van der Waals surface area (Å²) in [4.78, 5) is 26.6. The molecule has 1 aliphatic heterocycles. The number of rotatable bonds is 5. The Morgan fingerprint density at radius 1 is 1.07 bits per heavy atom. The van der Waals surface area contributed by atoms with Gasteiger partial charge >= 0.3 is 5.97 Å². The van der Waals surface area contributed by atoms with E-state index in [1.807, 2.05) is 18.2 Å². The first-order valence-electron chi connectivity index (χ1n) is 9.23. The van der Waals surface area contributed by atoms with E-state index in [0.29, 0.717) is 45.7 Å². The number of nitrogens with zero attached hydrogens (tertiary/aromatic N) is 1. The third-order valence-corrected chi connectivity index (χ3v) is 6.08. The number of methoxy groups -OCH3 is 1. The summed E-state index contributed by atoms with van der Waals surface area (Å²) in [5.41, 5.74) is 1.65. The minimum absolute atomic E-state index is 0.107. The lowest BCUT2D eigenvalue weighted by molar-refractivity contribution is -0.121. The first kappa shape index (κ1) is 21.9. The van der Waals surface area contributed by atoms with Crippen LogP contribution in [-0.4, -0.2) is 37.0 Å². The van der Waals surface area contributed by atoms with E-state index in [2.05, 4.69) is 10.2 Å². The van der Waals surface area contributed by atoms with Crippen LogP contribution in [0.2, 0.25) is 15.1 Å². The summed E-state index contributed by atoms with van der Waals surface area (Å²) in [6, 6.07) is 10.1. The lowest BCUT2D eigenvalue weighted by Gasteiger charge is -2.31. The molecule has 2 aromatic carbocycles. The zero-order valence-corrected chi connectivity index (χ0v) is 18.2. The topological polar surface area (TPSA) is 58.6 Å². The maximum atomic E-state index is 12.7. The van der Waals surface area contributed by atoms with Gasteiger partial charge in [0.1, 0.15) is 0 Å². The van der Waals surface area contributed by atoms with E-state index in [1.165, 1.54) is 13.2 Å². The molecule has 0 aliphatic carbocycles. The first-order valence-corrected chi connectivity index (χ1v) is 10.4. The fourth-order valence-electron chi connectivity index (χ4n) is 3.36. The number of halogens is 3. The van der Waals surface area contributed by atoms with E-state index >= 15 is 0 Å². The highest BCUT2D eigenvalue weighted by atomic mass is 35.5. The number of esters is 1. The second-order valence-corrected chi connectivity index (χ2v) is 8.15. The number of benzene rings is 2. The van der Waals surface area contributed by atoms with E-state index in [4.69, 9.17) is 39.5 Å². The Morgan fingerprint density at radius 2 is 1.72 bits per heavy atom. The van der Waals surface area contributed by atoms with Crippen molar-refractivity contribution in [3.8, 4) is 0 Å². The van der Waals surface area contributed by atoms with Crippen LogP contribution >= 0.6 is 34.8 Å². The van der Waals surface area contributed by atoms with Crippen molar-refractivity contribution in [3.63, 3.8) is 0 Å². The van der Waals surface area contributed by atoms with E-state index in [-0.39, 0.29) is 11.8 Å². The van der Waals surface area contributed by atoms with Crippen molar-refractivity contribution >= 4 is 52.4 Å². The molecule has 1 fully saturated rings. The van der Waals surface area contributed by atoms with Crippen LogP contribution in [0.1, 0.15) is 28.8 Å². The van der Waals surface area contributed by atoms with Gasteiger partial charge in [0, 0.05) is 28.1 Å². The number of carbonyl (C=O) groups excluding carboxylic acids is 2. The van der Waals surface area contributed by atoms with Crippen LogP contribution in [0.25, 0.3) is 0 Å². The molecule has 154 valence electrons. The SMILES string of the molecule is COC(=O)c1ccc(Cl)c(NC(=O)C2CCN(Cc3c(Cl)cccc3Cl)CC2)c1. The minimum atomic E-state index is -0.483. The van der Waals surface area contributed by atoms with Crippen LogP contribution in [0.5, 0.6) is 0 Å². The van der Waals surface area contributed by atoms with Crippen molar-refractivity contribution in [1.82, 2.24) is 4.90 Å². The van der Waals surface area contributed by atoms with Gasteiger partial charge in [-0.1, -0.05) is 40.9 Å². The average Bonchev–Trinajstić information content (AvgIpc) is 2.72. The summed E-state index contributed by atoms with van der Waals surface area (Å²) in [6.45, 7) is 2.17. The van der Waals surface area contributed by atoms with Gasteiger partial charge in [0.2, 0.25) is 5.91 Å². The van der Waals surface area contributed by atoms with E-state index in [0.717, 1.165) is 18.7 Å². The number of anilines is 1. The average molecular weight is 456 g/mol. The summed E-state index contributed by atoms with van der Waals surface area (Å²) in [5.74, 6) is -0.723. The Morgan fingerprint density at radius 3 is 2.34 bits per heavy atom. The molecule has 0 atom stereocenters. The standard InChI is InChI=1S/C21H21Cl3N2O3/c1-29-21(28)14-5-6-18(24)19(11-14)25-20(27)13-7-9-26(10-8-13)12-15-16(22)3-2-4-17(15)23/h2-6,11,13H,7-10,12H2,1H3,(H,25,27). The Bertz CT molecular complexity index is 892. The number of amides is 1. The van der Waals surface area contributed by atoms with Gasteiger partial charge in [-0.2, -0.15) is 0 Å². The molecule has 0 aromatic heterocycles. The third kappa shape index (κ3) is 5.43. The largest absolute Gasteiger partial charge is 0.465 e. The monoisotopic (exact) mass is 454 g/mol. The molecule has 0 spiro atoms. The van der Waals surface area contributed by atoms with E-state index in [9.17, 15) is 9.59 Å². The highest BCUT2D eigenvalue weighted by Gasteiger charge is 2.26. The van der Waals surface area contributed by atoms with Crippen molar-refractivity contribution in [2.24, 2.45) is 5.92 Å². The molecule has 0 unspecified atom stereocenters. The molecule has 1 N–H and O–H groups in total. The van der Waals surface area contributed by atoms with Crippen molar-refractivity contribution in [1.29, 1.82) is 0 Å². The number of ether oxygens (including phenoxy) is 1. The summed E-state index contributed by atoms with van der Waals surface area (Å²) in [6.07, 6.45) is 1.42. The highest BCUT2D eigenvalue weighted by molar-refractivity contribution is 6.36. The van der Waals surface area contributed by atoms with Gasteiger partial charge in [-0.25, -0.2) is 4.79 Å². The first-order chi connectivity index (χ1) is 13.9. The molecule has 1 amide bonds. The molecular formula is C21H21Cl3N2O3. The zero-order valence-electron chi connectivity index (χ0n) is 15.9. The molecule has 2 aromatic rings. The Hall–Kier alpha value is -1.79. The lowest BCUT2D eigenvalue weighted by atomic mass is 9.95. The molecule has 3 rings (SSSR count). The quantitative estimate of drug-likeness (QED) is 0.623. The van der Waals surface area contributed by atoms with Crippen LogP contribution in [0.15, 0.2) is 36.4 Å². The van der Waals surface area contributed by atoms with Crippen LogP contribution in [0.3, 0.4) is 0 Å². The van der Waals surface area contributed by atoms with Crippen molar-refractivity contribution < 1.29 is 14.3 Å². The van der Waals surface area contributed by atoms with Crippen molar-refractivity contribution in [3.05, 3.63) is 62.6 Å². The second kappa shape index (κ2) is 9.81. The van der Waals surface area contributed by atoms with Crippen LogP contribution < -0.4 is 5.32 Å². The number of hydrogen-bond donors (Lipinski definition) is 1. The van der Waals surface area contributed by atoms with Crippen molar-refractivity contribution in [2.45, 2.75) is 19.4 Å². The molecule has 1 aliphatic rings. The van der Waals surface area contributed by atoms with Gasteiger partial charge in [-0.05, 0) is 56.3 Å². The van der Waals surface area contributed by atoms with E-state index in [1.54, 1.807) is 12.1 Å². The number of likely N-dealkylation sites (tertiary alicyclic amines) is 1. The fraction of sp³-hybridized carbons (Fsp3) is 0.333. The van der Waals surface area contributed by atoms with Gasteiger partial charge in [0.05, 0.1) is 23.4 Å². The maximum Gasteiger partial charge on any atom is 0.337 e. The molecular weight excluding hydrogens is 435 g/mol. The molecule has 0 bridgehead atoms. The van der Waals surface area contributed by atoms with Crippen LogP contribution in [0.4, 0.5) is 5.69 Å². The Balaban J connectivity index is 1.59. The van der Waals surface area contributed by atoms with Gasteiger partial charge in [0.15, 0.2) is 0 Å². The zero-order chi connectivity index (χ0) is 21.0. The summed E-state index contributed by atoms with van der Waals surface area (Å²) >= 11 is 18.7. The number of carbonyl (C=O) groups is 2. The van der Waals surface area contributed by atoms with Gasteiger partial charge < -0.3 is 10.1 Å². The second-order valence-electron chi connectivity index (χ2n) is 6.93. The van der Waals surface area contributed by atoms with E-state index < -0.39 is 5.97 Å². The molecule has 1 saturated heterocycles. The summed E-state index contributed by atoms with van der Waals surface area (Å²) in [5, 5.41) is 4.52. The molecule has 0 saturated carbocycles. The predicted octanol–water partition coefficient (Wildman–Crippen LogP) is 5.28. The fourth-order valence-corrected chi connectivity index (χ4v) is 4.04. The summed E-state index contributed by atoms with van der Waals surface area (Å²) < 4.78 is 4.71. The van der Waals surface area contributed by atoms with Gasteiger partial charge in [-0.15, -0.1) is 0 Å². The minimum Gasteiger partial charge on any atom is -0.465 e. The van der Waals surface area contributed by atoms with Gasteiger partial charge in [-0.3, -0.25) is 9.69 Å². The maximum absolute atomic E-state index is 12.7. The number of piperidine rings is 1. The molecule has 8 heteroatoms. The molecule has 29 heavy (non-hydrogen) atoms. The normalized spacial score (nSPS) is 15.2. The summed E-state index contributed by atoms with van der Waals surface area (Å²) in [7, 11) is 1.30. The molecule has 0 radical (unpaired) electrons. The number of nitrogens with one attached hydrogen (secondary N) is 1. The smallest absolute Gasteiger partial charge is 0.337 e. The van der Waals surface area contributed by atoms with Crippen LogP contribution in [-0.2, 0) is 16.1 Å². The molecule has 1 heterocycles. The highest BCUT2D eigenvalue weighted by Crippen LogP contribution is 2.29. The predicted molar refractivity (Wildman–Crippen MR) is 116 cm³/mol. The Kier molecular flexibility index (Phi) is 7.41. The molecule has 5 nitrogen and oxygen atoms in total. The van der Waals surface area contributed by atoms with Crippen molar-refractivity contribution in [2.75, 3.05) is 25.5 Å². The van der Waals surface area contributed by atoms with Crippen LogP contribution in [0, 0.1) is 5.92 Å². The Labute approximate surface area is 184 Å². The van der Waals surface area contributed by atoms with Gasteiger partial charge in [0.25, 0.3) is 0 Å².